The molecule has 132 valence electrons. The van der Waals surface area contributed by atoms with Gasteiger partial charge < -0.3 is 10.0 Å². The van der Waals surface area contributed by atoms with E-state index < -0.39 is 0 Å². The van der Waals surface area contributed by atoms with Crippen LogP contribution >= 0.6 is 23.5 Å². The summed E-state index contributed by atoms with van der Waals surface area (Å²) in [6, 6.07) is 12.5. The average Bonchev–Trinajstić information content (AvgIpc) is 2.59. The Morgan fingerprint density at radius 2 is 1.76 bits per heavy atom. The molecule has 2 aromatic rings. The van der Waals surface area contributed by atoms with E-state index in [2.05, 4.69) is 68.2 Å². The summed E-state index contributed by atoms with van der Waals surface area (Å²) in [4.78, 5) is 1.14. The lowest BCUT2D eigenvalue weighted by Crippen LogP contribution is -2.10. The minimum Gasteiger partial charge on any atom is -0.388 e. The molecule has 0 fully saturated rings. The average molecular weight is 373 g/mol. The molecule has 0 amide bonds. The van der Waals surface area contributed by atoms with Crippen LogP contribution in [0.4, 0.5) is 5.69 Å². The molecule has 0 aliphatic heterocycles. The van der Waals surface area contributed by atoms with Crippen molar-refractivity contribution in [3.05, 3.63) is 71.3 Å². The van der Waals surface area contributed by atoms with E-state index in [0.717, 1.165) is 27.4 Å². The fourth-order valence-corrected chi connectivity index (χ4v) is 3.37. The number of rotatable bonds is 6. The monoisotopic (exact) mass is 372 g/mol. The predicted octanol–water partition coefficient (Wildman–Crippen LogP) is 6.59. The van der Waals surface area contributed by atoms with Crippen LogP contribution in [0, 0.1) is 0 Å². The summed E-state index contributed by atoms with van der Waals surface area (Å²) in [6.45, 7) is 14.6. The summed E-state index contributed by atoms with van der Waals surface area (Å²) >= 11 is 7.87. The summed E-state index contributed by atoms with van der Waals surface area (Å²) < 4.78 is 3.41. The maximum absolute atomic E-state index is 6.31. The standard InChI is InChI=1S/C21H25ClN2S/c1-7-17-18(22)12-13-19(20(17)14(2)23-6)24-25-16-10-8-15(9-11-16)21(3,4)5/h7-13,23-24H,1-2H2,3-6H3. The smallest absolute Gasteiger partial charge is 0.0543 e. The Labute approximate surface area is 160 Å². The molecule has 0 atom stereocenters. The van der Waals surface area contributed by atoms with Gasteiger partial charge in [0, 0.05) is 33.8 Å². The van der Waals surface area contributed by atoms with E-state index in [1.807, 2.05) is 19.2 Å². The molecule has 2 rings (SSSR count). The number of hydrogen-bond acceptors (Lipinski definition) is 3. The van der Waals surface area contributed by atoms with Crippen LogP contribution in [0.5, 0.6) is 0 Å². The zero-order valence-corrected chi connectivity index (χ0v) is 16.8. The molecule has 0 aromatic heterocycles. The Hall–Kier alpha value is -1.84. The zero-order chi connectivity index (χ0) is 18.6. The molecular weight excluding hydrogens is 348 g/mol. The highest BCUT2D eigenvalue weighted by atomic mass is 35.5. The quantitative estimate of drug-likeness (QED) is 0.559. The van der Waals surface area contributed by atoms with Crippen LogP contribution in [-0.4, -0.2) is 7.05 Å². The maximum Gasteiger partial charge on any atom is 0.0543 e. The highest BCUT2D eigenvalue weighted by Crippen LogP contribution is 2.34. The van der Waals surface area contributed by atoms with Crippen molar-refractivity contribution in [2.45, 2.75) is 31.1 Å². The van der Waals surface area contributed by atoms with Crippen molar-refractivity contribution in [3.63, 3.8) is 0 Å². The molecule has 0 aliphatic carbocycles. The second kappa shape index (κ2) is 8.03. The molecule has 0 bridgehead atoms. The number of halogens is 1. The molecular formula is C21H25ClN2S. The fraction of sp³-hybridized carbons (Fsp3) is 0.238. The van der Waals surface area contributed by atoms with Gasteiger partial charge in [-0.3, -0.25) is 0 Å². The van der Waals surface area contributed by atoms with Gasteiger partial charge in [-0.25, -0.2) is 0 Å². The van der Waals surface area contributed by atoms with Gasteiger partial charge in [-0.15, -0.1) is 0 Å². The third kappa shape index (κ3) is 4.62. The molecule has 2 N–H and O–H groups in total. The molecule has 2 aromatic carbocycles. The number of anilines is 1. The number of hydrogen-bond donors (Lipinski definition) is 2. The summed E-state index contributed by atoms with van der Waals surface area (Å²) in [7, 11) is 1.85. The van der Waals surface area contributed by atoms with E-state index in [1.54, 1.807) is 18.0 Å². The third-order valence-corrected chi connectivity index (χ3v) is 5.16. The summed E-state index contributed by atoms with van der Waals surface area (Å²) in [5.74, 6) is 0. The first kappa shape index (κ1) is 19.5. The minimum atomic E-state index is 0.156. The van der Waals surface area contributed by atoms with Crippen molar-refractivity contribution in [3.8, 4) is 0 Å². The second-order valence-corrected chi connectivity index (χ2v) is 8.08. The summed E-state index contributed by atoms with van der Waals surface area (Å²) in [5.41, 5.74) is 5.02. The van der Waals surface area contributed by atoms with Gasteiger partial charge in [0.1, 0.15) is 0 Å². The van der Waals surface area contributed by atoms with Crippen LogP contribution in [0.3, 0.4) is 0 Å². The van der Waals surface area contributed by atoms with Crippen LogP contribution in [0.2, 0.25) is 5.02 Å². The van der Waals surface area contributed by atoms with Crippen molar-refractivity contribution in [2.75, 3.05) is 11.8 Å². The lowest BCUT2D eigenvalue weighted by atomic mass is 9.87. The molecule has 2 nitrogen and oxygen atoms in total. The molecule has 0 heterocycles. The second-order valence-electron chi connectivity index (χ2n) is 6.79. The Morgan fingerprint density at radius 1 is 1.12 bits per heavy atom. The van der Waals surface area contributed by atoms with Crippen molar-refractivity contribution >= 4 is 41.0 Å². The molecule has 0 aliphatic rings. The summed E-state index contributed by atoms with van der Waals surface area (Å²) in [6.07, 6.45) is 1.76. The van der Waals surface area contributed by atoms with E-state index >= 15 is 0 Å². The Morgan fingerprint density at radius 3 is 2.28 bits per heavy atom. The van der Waals surface area contributed by atoms with Gasteiger partial charge in [0.25, 0.3) is 0 Å². The SMILES string of the molecule is C=Cc1c(Cl)ccc(NSc2ccc(C(C)(C)C)cc2)c1C(=C)NC. The van der Waals surface area contributed by atoms with Gasteiger partial charge in [-0.2, -0.15) is 0 Å². The van der Waals surface area contributed by atoms with Gasteiger partial charge in [-0.05, 0) is 47.2 Å². The van der Waals surface area contributed by atoms with Gasteiger partial charge in [0.05, 0.1) is 5.69 Å². The highest BCUT2D eigenvalue weighted by Gasteiger charge is 2.14. The Kier molecular flexibility index (Phi) is 6.26. The fourth-order valence-electron chi connectivity index (χ4n) is 2.47. The number of benzene rings is 2. The van der Waals surface area contributed by atoms with Crippen molar-refractivity contribution < 1.29 is 0 Å². The van der Waals surface area contributed by atoms with Crippen LogP contribution in [-0.2, 0) is 5.41 Å². The largest absolute Gasteiger partial charge is 0.388 e. The first-order valence-corrected chi connectivity index (χ1v) is 9.32. The molecule has 0 spiro atoms. The van der Waals surface area contributed by atoms with E-state index in [-0.39, 0.29) is 5.41 Å². The third-order valence-electron chi connectivity index (χ3n) is 4.00. The van der Waals surface area contributed by atoms with E-state index in [9.17, 15) is 0 Å². The topological polar surface area (TPSA) is 24.1 Å². The van der Waals surface area contributed by atoms with E-state index in [0.29, 0.717) is 5.02 Å². The maximum atomic E-state index is 6.31. The van der Waals surface area contributed by atoms with E-state index in [4.69, 9.17) is 11.6 Å². The lowest BCUT2D eigenvalue weighted by Gasteiger charge is -2.19. The lowest BCUT2D eigenvalue weighted by molar-refractivity contribution is 0.590. The Bertz CT molecular complexity index is 774. The predicted molar refractivity (Wildman–Crippen MR) is 114 cm³/mol. The van der Waals surface area contributed by atoms with Gasteiger partial charge in [0.2, 0.25) is 0 Å². The molecule has 0 saturated heterocycles. The van der Waals surface area contributed by atoms with Crippen LogP contribution in [0.15, 0.2) is 54.5 Å². The van der Waals surface area contributed by atoms with Gasteiger partial charge in [0.15, 0.2) is 0 Å². The first-order chi connectivity index (χ1) is 11.8. The van der Waals surface area contributed by atoms with Crippen LogP contribution in [0.25, 0.3) is 11.8 Å². The van der Waals surface area contributed by atoms with E-state index in [1.165, 1.54) is 5.56 Å². The van der Waals surface area contributed by atoms with Gasteiger partial charge >= 0.3 is 0 Å². The van der Waals surface area contributed by atoms with Crippen LogP contribution < -0.4 is 10.0 Å². The highest BCUT2D eigenvalue weighted by molar-refractivity contribution is 8.00. The molecule has 0 unspecified atom stereocenters. The van der Waals surface area contributed by atoms with Crippen molar-refractivity contribution in [1.82, 2.24) is 5.32 Å². The minimum absolute atomic E-state index is 0.156. The normalized spacial score (nSPS) is 11.1. The first-order valence-electron chi connectivity index (χ1n) is 8.13. The molecule has 4 heteroatoms. The molecule has 0 radical (unpaired) electrons. The van der Waals surface area contributed by atoms with Crippen LogP contribution in [0.1, 0.15) is 37.5 Å². The number of nitrogens with one attached hydrogen (secondary N) is 2. The summed E-state index contributed by atoms with van der Waals surface area (Å²) in [5, 5.41) is 3.75. The van der Waals surface area contributed by atoms with Crippen molar-refractivity contribution in [1.29, 1.82) is 0 Å². The molecule has 25 heavy (non-hydrogen) atoms. The van der Waals surface area contributed by atoms with Gasteiger partial charge in [-0.1, -0.05) is 63.7 Å². The zero-order valence-electron chi connectivity index (χ0n) is 15.2. The van der Waals surface area contributed by atoms with Crippen molar-refractivity contribution in [2.24, 2.45) is 0 Å². The Balaban J connectivity index is 2.26. The molecule has 0 saturated carbocycles.